The van der Waals surface area contributed by atoms with E-state index in [4.69, 9.17) is 23.2 Å². The first-order valence-electron chi connectivity index (χ1n) is 12.0. The molecule has 0 aliphatic carbocycles. The molecule has 0 aliphatic heterocycles. The Balaban J connectivity index is 1.86. The van der Waals surface area contributed by atoms with Gasteiger partial charge in [0.25, 0.3) is 5.69 Å². The molecule has 38 heavy (non-hydrogen) atoms. The molecule has 0 bridgehead atoms. The summed E-state index contributed by atoms with van der Waals surface area (Å²) in [5.74, 6) is 0.0686. The summed E-state index contributed by atoms with van der Waals surface area (Å²) in [4.78, 5) is 39.1. The van der Waals surface area contributed by atoms with E-state index in [0.717, 1.165) is 11.1 Å². The van der Waals surface area contributed by atoms with Crippen molar-refractivity contribution in [1.82, 2.24) is 10.2 Å². The molecule has 0 aromatic heterocycles. The van der Waals surface area contributed by atoms with Gasteiger partial charge in [-0.15, -0.1) is 11.8 Å². The molecule has 0 aliphatic rings. The SMILES string of the molecule is CC(C)NC(=O)C(Cc1ccccc1)N(Cc1c(Cl)cccc1Cl)C(=O)CSCc1ccc([N+](=O)[O-])cc1. The summed E-state index contributed by atoms with van der Waals surface area (Å²) in [5, 5.41) is 14.7. The summed E-state index contributed by atoms with van der Waals surface area (Å²) in [6.07, 6.45) is 0.320. The van der Waals surface area contributed by atoms with E-state index in [2.05, 4.69) is 5.32 Å². The summed E-state index contributed by atoms with van der Waals surface area (Å²) in [7, 11) is 0. The molecule has 3 aromatic carbocycles. The lowest BCUT2D eigenvalue weighted by Crippen LogP contribution is -2.52. The molecule has 0 fully saturated rings. The van der Waals surface area contributed by atoms with Crippen LogP contribution >= 0.6 is 35.0 Å². The molecule has 1 N–H and O–H groups in total. The maximum absolute atomic E-state index is 13.7. The molecule has 200 valence electrons. The zero-order chi connectivity index (χ0) is 27.7. The van der Waals surface area contributed by atoms with Gasteiger partial charge in [0.05, 0.1) is 10.7 Å². The topological polar surface area (TPSA) is 92.6 Å². The van der Waals surface area contributed by atoms with Crippen LogP contribution in [0, 0.1) is 10.1 Å². The number of nitrogens with one attached hydrogen (secondary N) is 1. The summed E-state index contributed by atoms with van der Waals surface area (Å²) < 4.78 is 0. The molecule has 1 atom stereocenters. The molecule has 1 unspecified atom stereocenters. The Kier molecular flexibility index (Phi) is 11.0. The van der Waals surface area contributed by atoms with E-state index in [1.807, 2.05) is 44.2 Å². The van der Waals surface area contributed by atoms with Crippen LogP contribution < -0.4 is 5.32 Å². The average Bonchev–Trinajstić information content (AvgIpc) is 2.88. The fourth-order valence-corrected chi connectivity index (χ4v) is 5.23. The summed E-state index contributed by atoms with van der Waals surface area (Å²) in [5.41, 5.74) is 2.35. The molecule has 0 saturated heterocycles. The molecular formula is C28H29Cl2N3O4S. The van der Waals surface area contributed by atoms with Gasteiger partial charge in [0, 0.05) is 52.5 Å². The molecule has 2 amide bonds. The first-order chi connectivity index (χ1) is 18.2. The zero-order valence-electron chi connectivity index (χ0n) is 21.1. The molecule has 10 heteroatoms. The third kappa shape index (κ3) is 8.48. The van der Waals surface area contributed by atoms with Crippen molar-refractivity contribution in [2.45, 2.75) is 44.6 Å². The Bertz CT molecular complexity index is 1240. The minimum Gasteiger partial charge on any atom is -0.352 e. The van der Waals surface area contributed by atoms with Crippen LogP contribution in [0.4, 0.5) is 5.69 Å². The smallest absolute Gasteiger partial charge is 0.269 e. The summed E-state index contributed by atoms with van der Waals surface area (Å²) in [6.45, 7) is 3.81. The van der Waals surface area contributed by atoms with Crippen molar-refractivity contribution in [2.75, 3.05) is 5.75 Å². The number of carbonyl (C=O) groups excluding carboxylic acids is 2. The van der Waals surface area contributed by atoms with Gasteiger partial charge >= 0.3 is 0 Å². The number of nitro groups is 1. The third-order valence-electron chi connectivity index (χ3n) is 5.73. The molecular weight excluding hydrogens is 545 g/mol. The first kappa shape index (κ1) is 29.5. The van der Waals surface area contributed by atoms with Gasteiger partial charge < -0.3 is 10.2 Å². The van der Waals surface area contributed by atoms with Crippen LogP contribution in [0.15, 0.2) is 72.8 Å². The second-order valence-electron chi connectivity index (χ2n) is 9.01. The second kappa shape index (κ2) is 14.2. The van der Waals surface area contributed by atoms with Crippen LogP contribution in [-0.2, 0) is 28.3 Å². The highest BCUT2D eigenvalue weighted by atomic mass is 35.5. The van der Waals surface area contributed by atoms with Crippen molar-refractivity contribution in [3.8, 4) is 0 Å². The van der Waals surface area contributed by atoms with E-state index in [1.165, 1.54) is 23.9 Å². The first-order valence-corrected chi connectivity index (χ1v) is 13.9. The largest absolute Gasteiger partial charge is 0.352 e. The quantitative estimate of drug-likeness (QED) is 0.203. The van der Waals surface area contributed by atoms with Gasteiger partial charge in [-0.25, -0.2) is 0 Å². The van der Waals surface area contributed by atoms with Gasteiger partial charge in [0.1, 0.15) is 6.04 Å². The minimum absolute atomic E-state index is 0.0116. The molecule has 7 nitrogen and oxygen atoms in total. The van der Waals surface area contributed by atoms with Gasteiger partial charge in [0.15, 0.2) is 0 Å². The van der Waals surface area contributed by atoms with Crippen LogP contribution in [0.25, 0.3) is 0 Å². The Labute approximate surface area is 236 Å². The number of hydrogen-bond donors (Lipinski definition) is 1. The average molecular weight is 575 g/mol. The Morgan fingerprint density at radius 3 is 2.16 bits per heavy atom. The number of non-ortho nitro benzene ring substituents is 1. The van der Waals surface area contributed by atoms with Crippen molar-refractivity contribution in [2.24, 2.45) is 0 Å². The van der Waals surface area contributed by atoms with Crippen LogP contribution in [0.1, 0.15) is 30.5 Å². The van der Waals surface area contributed by atoms with Crippen molar-refractivity contribution in [3.63, 3.8) is 0 Å². The van der Waals surface area contributed by atoms with Crippen molar-refractivity contribution in [3.05, 3.63) is 110 Å². The number of amides is 2. The predicted octanol–water partition coefficient (Wildman–Crippen LogP) is 6.30. The van der Waals surface area contributed by atoms with Gasteiger partial charge in [-0.05, 0) is 37.1 Å². The molecule has 3 rings (SSSR count). The fraction of sp³-hybridized carbons (Fsp3) is 0.286. The zero-order valence-corrected chi connectivity index (χ0v) is 23.4. The highest BCUT2D eigenvalue weighted by Gasteiger charge is 2.31. The van der Waals surface area contributed by atoms with Gasteiger partial charge in [-0.2, -0.15) is 0 Å². The van der Waals surface area contributed by atoms with Crippen molar-refractivity contribution in [1.29, 1.82) is 0 Å². The van der Waals surface area contributed by atoms with Crippen LogP contribution in [0.3, 0.4) is 0 Å². The number of nitrogens with zero attached hydrogens (tertiary/aromatic N) is 2. The van der Waals surface area contributed by atoms with Crippen LogP contribution in [0.2, 0.25) is 10.0 Å². The summed E-state index contributed by atoms with van der Waals surface area (Å²) >= 11 is 14.3. The number of carbonyl (C=O) groups is 2. The number of nitro benzene ring substituents is 1. The maximum atomic E-state index is 13.7. The van der Waals surface area contributed by atoms with Crippen LogP contribution in [0.5, 0.6) is 0 Å². The maximum Gasteiger partial charge on any atom is 0.269 e. The standard InChI is InChI=1S/C28H29Cl2N3O4S/c1-19(2)31-28(35)26(15-20-7-4-3-5-8-20)32(16-23-24(29)9-6-10-25(23)30)27(34)18-38-17-21-11-13-22(14-12-21)33(36)37/h3-14,19,26H,15-18H2,1-2H3,(H,31,35). The lowest BCUT2D eigenvalue weighted by Gasteiger charge is -2.32. The highest BCUT2D eigenvalue weighted by molar-refractivity contribution is 7.99. The van der Waals surface area contributed by atoms with Gasteiger partial charge in [-0.3, -0.25) is 19.7 Å². The Morgan fingerprint density at radius 2 is 1.58 bits per heavy atom. The highest BCUT2D eigenvalue weighted by Crippen LogP contribution is 2.28. The Hall–Kier alpha value is -3.07. The van der Waals surface area contributed by atoms with Gasteiger partial charge in [-0.1, -0.05) is 71.7 Å². The van der Waals surface area contributed by atoms with E-state index in [0.29, 0.717) is 27.8 Å². The van der Waals surface area contributed by atoms with Crippen molar-refractivity contribution < 1.29 is 14.5 Å². The third-order valence-corrected chi connectivity index (χ3v) is 7.43. The Morgan fingerprint density at radius 1 is 0.947 bits per heavy atom. The molecule has 3 aromatic rings. The predicted molar refractivity (Wildman–Crippen MR) is 153 cm³/mol. The van der Waals surface area contributed by atoms with Crippen LogP contribution in [-0.4, -0.2) is 39.5 Å². The number of rotatable bonds is 12. The number of hydrogen-bond acceptors (Lipinski definition) is 5. The number of benzene rings is 3. The minimum atomic E-state index is -0.792. The normalized spacial score (nSPS) is 11.7. The number of halogens is 2. The lowest BCUT2D eigenvalue weighted by atomic mass is 10.0. The van der Waals surface area contributed by atoms with Gasteiger partial charge in [0.2, 0.25) is 11.8 Å². The van der Waals surface area contributed by atoms with E-state index >= 15 is 0 Å². The fourth-order valence-electron chi connectivity index (χ4n) is 3.84. The second-order valence-corrected chi connectivity index (χ2v) is 10.8. The molecule has 0 radical (unpaired) electrons. The lowest BCUT2D eigenvalue weighted by molar-refractivity contribution is -0.384. The molecule has 0 saturated carbocycles. The number of thioether (sulfide) groups is 1. The summed E-state index contributed by atoms with van der Waals surface area (Å²) in [6, 6.07) is 20.0. The van der Waals surface area contributed by atoms with E-state index < -0.39 is 11.0 Å². The molecule has 0 spiro atoms. The van der Waals surface area contributed by atoms with Crippen molar-refractivity contribution >= 4 is 52.5 Å². The monoisotopic (exact) mass is 573 g/mol. The van der Waals surface area contributed by atoms with E-state index in [-0.39, 0.29) is 35.8 Å². The van der Waals surface area contributed by atoms with E-state index in [9.17, 15) is 19.7 Å². The molecule has 0 heterocycles. The van der Waals surface area contributed by atoms with E-state index in [1.54, 1.807) is 35.2 Å².